The number of ether oxygens (including phenoxy) is 2. The molecule has 0 amide bonds. The van der Waals surface area contributed by atoms with Crippen LogP contribution in [-0.2, 0) is 6.54 Å². The summed E-state index contributed by atoms with van der Waals surface area (Å²) in [7, 11) is 5.21. The Balaban J connectivity index is 0.00000364. The number of nitrogens with one attached hydrogen (secondary N) is 2. The second kappa shape index (κ2) is 13.0. The highest BCUT2D eigenvalue weighted by Crippen LogP contribution is 2.24. The number of rotatable bonds is 9. The molecule has 0 aromatic heterocycles. The van der Waals surface area contributed by atoms with Gasteiger partial charge in [-0.1, -0.05) is 19.8 Å². The van der Waals surface area contributed by atoms with Crippen LogP contribution in [0.15, 0.2) is 23.2 Å². The van der Waals surface area contributed by atoms with Gasteiger partial charge in [0.25, 0.3) is 0 Å². The van der Waals surface area contributed by atoms with Crippen molar-refractivity contribution in [3.63, 3.8) is 0 Å². The van der Waals surface area contributed by atoms with Crippen molar-refractivity contribution >= 4 is 29.9 Å². The fourth-order valence-electron chi connectivity index (χ4n) is 3.28. The van der Waals surface area contributed by atoms with Crippen LogP contribution in [0.2, 0.25) is 0 Å². The summed E-state index contributed by atoms with van der Waals surface area (Å²) in [5.41, 5.74) is 1.21. The Morgan fingerprint density at radius 1 is 1.19 bits per heavy atom. The highest BCUT2D eigenvalue weighted by atomic mass is 127. The number of unbranched alkanes of at least 4 members (excludes halogenated alkanes) is 2. The van der Waals surface area contributed by atoms with Crippen molar-refractivity contribution in [1.29, 1.82) is 0 Å². The minimum absolute atomic E-state index is 0. The smallest absolute Gasteiger partial charge is 0.191 e. The molecule has 1 aromatic carbocycles. The first kappa shape index (κ1) is 23.8. The van der Waals surface area contributed by atoms with Crippen LogP contribution in [-0.4, -0.2) is 57.8 Å². The van der Waals surface area contributed by atoms with Crippen LogP contribution in [0.3, 0.4) is 0 Å². The van der Waals surface area contributed by atoms with E-state index in [1.807, 2.05) is 13.1 Å². The largest absolute Gasteiger partial charge is 0.497 e. The average molecular weight is 490 g/mol. The lowest BCUT2D eigenvalue weighted by Gasteiger charge is -2.19. The van der Waals surface area contributed by atoms with Gasteiger partial charge in [-0.05, 0) is 30.5 Å². The molecule has 1 fully saturated rings. The van der Waals surface area contributed by atoms with Gasteiger partial charge in [0.15, 0.2) is 5.96 Å². The van der Waals surface area contributed by atoms with E-state index in [4.69, 9.17) is 9.47 Å². The molecule has 1 unspecified atom stereocenters. The van der Waals surface area contributed by atoms with E-state index in [2.05, 4.69) is 39.6 Å². The van der Waals surface area contributed by atoms with Gasteiger partial charge >= 0.3 is 0 Å². The van der Waals surface area contributed by atoms with E-state index < -0.39 is 0 Å². The molecule has 1 aliphatic heterocycles. The Morgan fingerprint density at radius 2 is 1.89 bits per heavy atom. The number of guanidine groups is 1. The van der Waals surface area contributed by atoms with Crippen molar-refractivity contribution in [2.24, 2.45) is 4.99 Å². The van der Waals surface area contributed by atoms with Crippen molar-refractivity contribution in [3.8, 4) is 11.5 Å². The van der Waals surface area contributed by atoms with E-state index in [1.54, 1.807) is 14.2 Å². The first-order valence-electron chi connectivity index (χ1n) is 9.60. The predicted octanol–water partition coefficient (Wildman–Crippen LogP) is 3.25. The molecule has 6 nitrogen and oxygen atoms in total. The van der Waals surface area contributed by atoms with Crippen LogP contribution in [0.1, 0.15) is 38.2 Å². The van der Waals surface area contributed by atoms with Gasteiger partial charge in [0.1, 0.15) is 11.5 Å². The maximum Gasteiger partial charge on any atom is 0.191 e. The van der Waals surface area contributed by atoms with E-state index in [0.717, 1.165) is 50.1 Å². The molecule has 0 spiro atoms. The molecule has 1 heterocycles. The molecule has 0 radical (unpaired) electrons. The van der Waals surface area contributed by atoms with Gasteiger partial charge in [0.05, 0.1) is 14.2 Å². The summed E-state index contributed by atoms with van der Waals surface area (Å²) >= 11 is 0. The zero-order chi connectivity index (χ0) is 18.8. The molecular formula is C20H35IN4O2. The van der Waals surface area contributed by atoms with Crippen molar-refractivity contribution in [2.75, 3.05) is 40.9 Å². The molecule has 27 heavy (non-hydrogen) atoms. The lowest BCUT2D eigenvalue weighted by atomic mass is 10.2. The van der Waals surface area contributed by atoms with Crippen LogP contribution in [0.25, 0.3) is 0 Å². The zero-order valence-electron chi connectivity index (χ0n) is 17.1. The second-order valence-corrected chi connectivity index (χ2v) is 6.79. The number of hydrogen-bond donors (Lipinski definition) is 2. The Morgan fingerprint density at radius 3 is 2.48 bits per heavy atom. The zero-order valence-corrected chi connectivity index (χ0v) is 19.4. The van der Waals surface area contributed by atoms with Crippen molar-refractivity contribution < 1.29 is 9.47 Å². The Bertz CT molecular complexity index is 561. The molecule has 1 aliphatic rings. The van der Waals surface area contributed by atoms with E-state index in [-0.39, 0.29) is 24.0 Å². The molecule has 1 aromatic rings. The number of benzene rings is 1. The van der Waals surface area contributed by atoms with Gasteiger partial charge in [0.2, 0.25) is 0 Å². The molecule has 1 saturated heterocycles. The quantitative estimate of drug-likeness (QED) is 0.241. The maximum atomic E-state index is 5.37. The summed E-state index contributed by atoms with van der Waals surface area (Å²) in [4.78, 5) is 6.80. The topological polar surface area (TPSA) is 58.1 Å². The summed E-state index contributed by atoms with van der Waals surface area (Å²) in [5, 5.41) is 6.96. The van der Waals surface area contributed by atoms with Crippen LogP contribution in [0, 0.1) is 0 Å². The van der Waals surface area contributed by atoms with Gasteiger partial charge in [-0.15, -0.1) is 24.0 Å². The Kier molecular flexibility index (Phi) is 11.5. The summed E-state index contributed by atoms with van der Waals surface area (Å²) in [5.74, 6) is 2.59. The van der Waals surface area contributed by atoms with Gasteiger partial charge < -0.3 is 20.1 Å². The molecular weight excluding hydrogens is 455 g/mol. The summed E-state index contributed by atoms with van der Waals surface area (Å²) in [6, 6.07) is 6.50. The van der Waals surface area contributed by atoms with Crippen molar-refractivity contribution in [2.45, 2.75) is 45.2 Å². The third-order valence-corrected chi connectivity index (χ3v) is 4.73. The van der Waals surface area contributed by atoms with Crippen molar-refractivity contribution in [1.82, 2.24) is 15.5 Å². The fourth-order valence-corrected chi connectivity index (χ4v) is 3.28. The van der Waals surface area contributed by atoms with Gasteiger partial charge in [-0.2, -0.15) is 0 Å². The number of aliphatic imine (C=N–C) groups is 1. The van der Waals surface area contributed by atoms with Crippen molar-refractivity contribution in [3.05, 3.63) is 23.8 Å². The Hall–Kier alpha value is -1.22. The van der Waals surface area contributed by atoms with E-state index in [0.29, 0.717) is 6.04 Å². The lowest BCUT2D eigenvalue weighted by molar-refractivity contribution is 0.321. The number of methoxy groups -OCH3 is 2. The van der Waals surface area contributed by atoms with E-state index in [9.17, 15) is 0 Å². The van der Waals surface area contributed by atoms with Crippen LogP contribution in [0.5, 0.6) is 11.5 Å². The lowest BCUT2D eigenvalue weighted by Crippen LogP contribution is -2.44. The fraction of sp³-hybridized carbons (Fsp3) is 0.650. The minimum Gasteiger partial charge on any atom is -0.497 e. The maximum absolute atomic E-state index is 5.37. The van der Waals surface area contributed by atoms with Gasteiger partial charge in [-0.3, -0.25) is 9.89 Å². The molecule has 0 bridgehead atoms. The number of halogens is 1. The molecule has 2 N–H and O–H groups in total. The van der Waals surface area contributed by atoms with Crippen LogP contribution < -0.4 is 20.1 Å². The third kappa shape index (κ3) is 8.13. The second-order valence-electron chi connectivity index (χ2n) is 6.79. The number of likely N-dealkylation sites (tertiary alicyclic amines) is 1. The summed E-state index contributed by atoms with van der Waals surface area (Å²) < 4.78 is 10.7. The summed E-state index contributed by atoms with van der Waals surface area (Å²) in [6.45, 7) is 6.18. The average Bonchev–Trinajstić information content (AvgIpc) is 3.10. The van der Waals surface area contributed by atoms with Gasteiger partial charge in [0, 0.05) is 45.3 Å². The molecule has 7 heteroatoms. The Labute approximate surface area is 181 Å². The molecule has 0 saturated carbocycles. The number of nitrogens with zero attached hydrogens (tertiary/aromatic N) is 2. The monoisotopic (exact) mass is 490 g/mol. The van der Waals surface area contributed by atoms with E-state index >= 15 is 0 Å². The normalized spacial score (nSPS) is 17.3. The molecule has 1 atom stereocenters. The highest BCUT2D eigenvalue weighted by Gasteiger charge is 2.23. The SMILES string of the molecule is CCCCCNC(=NC)NC1CCN(Cc2cc(OC)cc(OC)c2)C1.I. The molecule has 154 valence electrons. The predicted molar refractivity (Wildman–Crippen MR) is 123 cm³/mol. The number of hydrogen-bond acceptors (Lipinski definition) is 4. The van der Waals surface area contributed by atoms with E-state index in [1.165, 1.54) is 24.8 Å². The van der Waals surface area contributed by atoms with Crippen LogP contribution in [0.4, 0.5) is 0 Å². The summed E-state index contributed by atoms with van der Waals surface area (Å²) in [6.07, 6.45) is 4.80. The molecule has 0 aliphatic carbocycles. The third-order valence-electron chi connectivity index (χ3n) is 4.73. The minimum atomic E-state index is 0. The highest BCUT2D eigenvalue weighted by molar-refractivity contribution is 14.0. The van der Waals surface area contributed by atoms with Gasteiger partial charge in [-0.25, -0.2) is 0 Å². The molecule has 2 rings (SSSR count). The first-order valence-corrected chi connectivity index (χ1v) is 9.60. The first-order chi connectivity index (χ1) is 12.7. The van der Waals surface area contributed by atoms with Crippen LogP contribution >= 0.6 is 24.0 Å². The standard InChI is InChI=1S/C20H34N4O2.HI/c1-5-6-7-9-22-20(21-2)23-17-8-10-24(15-17)14-16-11-18(25-3)13-19(12-16)26-4;/h11-13,17H,5-10,14-15H2,1-4H3,(H2,21,22,23);1H.